The van der Waals surface area contributed by atoms with Crippen LogP contribution in [0.25, 0.3) is 0 Å². The lowest BCUT2D eigenvalue weighted by atomic mass is 9.96. The quantitative estimate of drug-likeness (QED) is 0.696. The zero-order chi connectivity index (χ0) is 15.6. The highest BCUT2D eigenvalue weighted by atomic mass is 16.3. The van der Waals surface area contributed by atoms with E-state index in [1.807, 2.05) is 0 Å². The molecule has 0 saturated heterocycles. The van der Waals surface area contributed by atoms with E-state index in [1.165, 1.54) is 0 Å². The minimum absolute atomic E-state index is 0.101. The summed E-state index contributed by atoms with van der Waals surface area (Å²) in [6, 6.07) is 6.91. The van der Waals surface area contributed by atoms with E-state index < -0.39 is 0 Å². The molecule has 21 heavy (non-hydrogen) atoms. The number of phenols is 2. The van der Waals surface area contributed by atoms with E-state index in [2.05, 4.69) is 0 Å². The van der Waals surface area contributed by atoms with Crippen molar-refractivity contribution >= 4 is 0 Å². The van der Waals surface area contributed by atoms with Gasteiger partial charge in [-0.2, -0.15) is 0 Å². The Kier molecular flexibility index (Phi) is 4.50. The standard InChI is InChI=1S/C17H20O4/c1-10-3-12(8-18)5-14(16(10)20)7-15-6-13(9-19)4-11(2)17(15)21/h3-6,18-21H,7-9H2,1-2H3. The second-order valence-corrected chi connectivity index (χ2v) is 5.33. The van der Waals surface area contributed by atoms with Crippen LogP contribution in [0, 0.1) is 13.8 Å². The first kappa shape index (κ1) is 15.4. The fourth-order valence-corrected chi connectivity index (χ4v) is 2.52. The minimum Gasteiger partial charge on any atom is -0.507 e. The third-order valence-electron chi connectivity index (χ3n) is 3.62. The number of phenolic OH excluding ortho intramolecular Hbond substituents is 2. The molecule has 0 saturated carbocycles. The number of aliphatic hydroxyl groups excluding tert-OH is 2. The van der Waals surface area contributed by atoms with Crippen molar-refractivity contribution in [2.24, 2.45) is 0 Å². The number of hydrogen-bond acceptors (Lipinski definition) is 4. The zero-order valence-electron chi connectivity index (χ0n) is 12.2. The lowest BCUT2D eigenvalue weighted by molar-refractivity contribution is 0.281. The second-order valence-electron chi connectivity index (χ2n) is 5.33. The molecule has 0 atom stereocenters. The molecule has 0 aliphatic heterocycles. The molecule has 0 heterocycles. The Morgan fingerprint density at radius 3 is 1.43 bits per heavy atom. The molecule has 0 spiro atoms. The summed E-state index contributed by atoms with van der Waals surface area (Å²) >= 11 is 0. The predicted molar refractivity (Wildman–Crippen MR) is 80.3 cm³/mol. The van der Waals surface area contributed by atoms with Crippen LogP contribution in [0.3, 0.4) is 0 Å². The second kappa shape index (κ2) is 6.16. The van der Waals surface area contributed by atoms with Gasteiger partial charge in [-0.3, -0.25) is 0 Å². The summed E-state index contributed by atoms with van der Waals surface area (Å²) in [5, 5.41) is 38.8. The van der Waals surface area contributed by atoms with Crippen molar-refractivity contribution < 1.29 is 20.4 Å². The molecule has 0 amide bonds. The van der Waals surface area contributed by atoms with Gasteiger partial charge in [-0.1, -0.05) is 12.1 Å². The van der Waals surface area contributed by atoms with Gasteiger partial charge in [-0.25, -0.2) is 0 Å². The van der Waals surface area contributed by atoms with Gasteiger partial charge in [0.05, 0.1) is 13.2 Å². The predicted octanol–water partition coefficient (Wildman–Crippen LogP) is 2.29. The van der Waals surface area contributed by atoms with E-state index in [-0.39, 0.29) is 24.7 Å². The molecule has 2 rings (SSSR count). The molecule has 4 N–H and O–H groups in total. The van der Waals surface area contributed by atoms with Crippen LogP contribution in [-0.4, -0.2) is 20.4 Å². The van der Waals surface area contributed by atoms with Crippen molar-refractivity contribution in [1.29, 1.82) is 0 Å². The maximum absolute atomic E-state index is 10.2. The Morgan fingerprint density at radius 1 is 0.714 bits per heavy atom. The largest absolute Gasteiger partial charge is 0.507 e. The Hall–Kier alpha value is -2.04. The van der Waals surface area contributed by atoms with Gasteiger partial charge in [-0.15, -0.1) is 0 Å². The SMILES string of the molecule is Cc1cc(CO)cc(Cc2cc(CO)cc(C)c2O)c1O. The maximum atomic E-state index is 10.2. The summed E-state index contributed by atoms with van der Waals surface area (Å²) in [5.74, 6) is 0.331. The molecule has 0 aliphatic carbocycles. The van der Waals surface area contributed by atoms with Crippen molar-refractivity contribution in [2.75, 3.05) is 0 Å². The number of aromatic hydroxyl groups is 2. The number of rotatable bonds is 4. The fourth-order valence-electron chi connectivity index (χ4n) is 2.52. The molecular weight excluding hydrogens is 268 g/mol. The molecule has 112 valence electrons. The first-order valence-electron chi connectivity index (χ1n) is 6.80. The van der Waals surface area contributed by atoms with Crippen LogP contribution in [0.4, 0.5) is 0 Å². The summed E-state index contributed by atoms with van der Waals surface area (Å²) in [6.45, 7) is 3.34. The van der Waals surface area contributed by atoms with Crippen molar-refractivity contribution in [3.8, 4) is 11.5 Å². The molecule has 0 bridgehead atoms. The smallest absolute Gasteiger partial charge is 0.122 e. The highest BCUT2D eigenvalue weighted by molar-refractivity contribution is 5.50. The van der Waals surface area contributed by atoms with E-state index in [0.717, 1.165) is 11.1 Å². The molecule has 2 aromatic rings. The topological polar surface area (TPSA) is 80.9 Å². The number of aryl methyl sites for hydroxylation is 2. The molecule has 0 radical (unpaired) electrons. The van der Waals surface area contributed by atoms with E-state index >= 15 is 0 Å². The van der Waals surface area contributed by atoms with Crippen LogP contribution < -0.4 is 0 Å². The number of benzene rings is 2. The van der Waals surface area contributed by atoms with E-state index in [9.17, 15) is 20.4 Å². The monoisotopic (exact) mass is 288 g/mol. The highest BCUT2D eigenvalue weighted by Crippen LogP contribution is 2.31. The molecule has 4 nitrogen and oxygen atoms in total. The number of hydrogen-bond donors (Lipinski definition) is 4. The van der Waals surface area contributed by atoms with Crippen LogP contribution in [0.1, 0.15) is 33.4 Å². The summed E-state index contributed by atoms with van der Waals surface area (Å²) in [7, 11) is 0. The lowest BCUT2D eigenvalue weighted by Crippen LogP contribution is -1.97. The van der Waals surface area contributed by atoms with E-state index in [0.29, 0.717) is 28.7 Å². The van der Waals surface area contributed by atoms with Crippen molar-refractivity contribution in [2.45, 2.75) is 33.5 Å². The molecular formula is C17H20O4. The minimum atomic E-state index is -0.101. The lowest BCUT2D eigenvalue weighted by Gasteiger charge is -2.13. The summed E-state index contributed by atoms with van der Waals surface area (Å²) < 4.78 is 0. The number of aliphatic hydroxyl groups is 2. The molecule has 4 heteroatoms. The Labute approximate surface area is 123 Å². The normalized spacial score (nSPS) is 10.9. The molecule has 0 aliphatic rings. The van der Waals surface area contributed by atoms with E-state index in [1.54, 1.807) is 38.1 Å². The maximum Gasteiger partial charge on any atom is 0.122 e. The molecule has 0 fully saturated rings. The summed E-state index contributed by atoms with van der Waals surface area (Å²) in [5.41, 5.74) is 4.09. The fraction of sp³-hybridized carbons (Fsp3) is 0.294. The van der Waals surface area contributed by atoms with Crippen LogP contribution >= 0.6 is 0 Å². The zero-order valence-corrected chi connectivity index (χ0v) is 12.2. The van der Waals surface area contributed by atoms with Gasteiger partial charge in [-0.05, 0) is 59.4 Å². The van der Waals surface area contributed by atoms with Crippen LogP contribution in [0.15, 0.2) is 24.3 Å². The van der Waals surface area contributed by atoms with Crippen LogP contribution in [0.5, 0.6) is 11.5 Å². The van der Waals surface area contributed by atoms with Gasteiger partial charge in [0, 0.05) is 6.42 Å². The van der Waals surface area contributed by atoms with Gasteiger partial charge in [0.25, 0.3) is 0 Å². The summed E-state index contributed by atoms with van der Waals surface area (Å²) in [6.07, 6.45) is 0.334. The Balaban J connectivity index is 2.47. The molecule has 2 aromatic carbocycles. The third-order valence-corrected chi connectivity index (χ3v) is 3.62. The van der Waals surface area contributed by atoms with Gasteiger partial charge in [0.1, 0.15) is 11.5 Å². The average Bonchev–Trinajstić information content (AvgIpc) is 2.47. The third kappa shape index (κ3) is 3.17. The molecule has 0 aromatic heterocycles. The first-order valence-corrected chi connectivity index (χ1v) is 6.80. The average molecular weight is 288 g/mol. The highest BCUT2D eigenvalue weighted by Gasteiger charge is 2.12. The molecule has 0 unspecified atom stereocenters. The van der Waals surface area contributed by atoms with Gasteiger partial charge < -0.3 is 20.4 Å². The van der Waals surface area contributed by atoms with Crippen LogP contribution in [-0.2, 0) is 19.6 Å². The van der Waals surface area contributed by atoms with Crippen molar-refractivity contribution in [3.63, 3.8) is 0 Å². The first-order chi connectivity index (χ1) is 9.96. The van der Waals surface area contributed by atoms with Crippen molar-refractivity contribution in [1.82, 2.24) is 0 Å². The van der Waals surface area contributed by atoms with E-state index in [4.69, 9.17) is 0 Å². The van der Waals surface area contributed by atoms with Crippen LogP contribution in [0.2, 0.25) is 0 Å². The van der Waals surface area contributed by atoms with Gasteiger partial charge in [0.15, 0.2) is 0 Å². The Morgan fingerprint density at radius 2 is 1.10 bits per heavy atom. The van der Waals surface area contributed by atoms with Gasteiger partial charge in [0.2, 0.25) is 0 Å². The van der Waals surface area contributed by atoms with Crippen molar-refractivity contribution in [3.05, 3.63) is 57.6 Å². The van der Waals surface area contributed by atoms with Gasteiger partial charge >= 0.3 is 0 Å². The Bertz CT molecular complexity index is 605. The summed E-state index contributed by atoms with van der Waals surface area (Å²) in [4.78, 5) is 0.